The van der Waals surface area contributed by atoms with Crippen molar-refractivity contribution in [3.63, 3.8) is 0 Å². The zero-order chi connectivity index (χ0) is 23.3. The number of rotatable bonds is 8. The molecule has 0 aliphatic carbocycles. The Bertz CT molecular complexity index is 1190. The smallest absolute Gasteiger partial charge is 0.251 e. The standard InChI is InChI=1S/C23H29N5O3S2/c1-32-17-13-20(22-26-25-21-8-4-7-16-28(21)22)24-23(29)18-9-11-19(12-10-18)33(30,31)27-14-5-2-3-6-15-27/h4,7-12,16,20H,2-3,5-6,13-15,17H2,1H3,(H,24,29)/t20-/m0/s1. The molecule has 0 radical (unpaired) electrons. The second-order valence-corrected chi connectivity index (χ2v) is 11.1. The van der Waals surface area contributed by atoms with Crippen molar-refractivity contribution in [2.75, 3.05) is 25.1 Å². The van der Waals surface area contributed by atoms with Crippen LogP contribution in [0, 0.1) is 0 Å². The molecule has 1 atom stereocenters. The number of nitrogens with zero attached hydrogens (tertiary/aromatic N) is 4. The lowest BCUT2D eigenvalue weighted by Gasteiger charge is -2.20. The zero-order valence-electron chi connectivity index (χ0n) is 18.7. The van der Waals surface area contributed by atoms with Crippen LogP contribution in [0.25, 0.3) is 5.65 Å². The molecule has 3 aromatic rings. The van der Waals surface area contributed by atoms with Gasteiger partial charge in [-0.15, -0.1) is 10.2 Å². The van der Waals surface area contributed by atoms with Crippen LogP contribution in [0.5, 0.6) is 0 Å². The third-order valence-electron chi connectivity index (χ3n) is 5.89. The van der Waals surface area contributed by atoms with E-state index in [2.05, 4.69) is 15.5 Å². The van der Waals surface area contributed by atoms with Gasteiger partial charge in [0.05, 0.1) is 10.9 Å². The molecule has 176 valence electrons. The Balaban J connectivity index is 1.51. The first kappa shape index (κ1) is 23.7. The van der Waals surface area contributed by atoms with Crippen LogP contribution in [0.4, 0.5) is 0 Å². The fourth-order valence-corrected chi connectivity index (χ4v) is 6.04. The maximum atomic E-state index is 13.0. The maximum absolute atomic E-state index is 13.0. The molecular weight excluding hydrogens is 458 g/mol. The number of nitrogens with one attached hydrogen (secondary N) is 1. The summed E-state index contributed by atoms with van der Waals surface area (Å²) in [6, 6.07) is 11.6. The van der Waals surface area contributed by atoms with Gasteiger partial charge in [-0.2, -0.15) is 16.1 Å². The molecule has 1 N–H and O–H groups in total. The minimum atomic E-state index is -3.55. The van der Waals surface area contributed by atoms with E-state index >= 15 is 0 Å². The van der Waals surface area contributed by atoms with Crippen molar-refractivity contribution in [3.8, 4) is 0 Å². The van der Waals surface area contributed by atoms with Crippen molar-refractivity contribution in [2.24, 2.45) is 0 Å². The fourth-order valence-electron chi connectivity index (χ4n) is 4.05. The third-order valence-corrected chi connectivity index (χ3v) is 8.44. The third kappa shape index (κ3) is 5.39. The lowest BCUT2D eigenvalue weighted by Crippen LogP contribution is -2.32. The number of hydrogen-bond donors (Lipinski definition) is 1. The van der Waals surface area contributed by atoms with E-state index in [4.69, 9.17) is 0 Å². The van der Waals surface area contributed by atoms with Gasteiger partial charge in [0.2, 0.25) is 10.0 Å². The number of carbonyl (C=O) groups excluding carboxylic acids is 1. The van der Waals surface area contributed by atoms with Gasteiger partial charge in [-0.1, -0.05) is 18.9 Å². The summed E-state index contributed by atoms with van der Waals surface area (Å²) in [7, 11) is -3.55. The summed E-state index contributed by atoms with van der Waals surface area (Å²) < 4.78 is 29.4. The molecule has 4 rings (SSSR count). The molecule has 1 aromatic carbocycles. The Labute approximate surface area is 198 Å². The first-order chi connectivity index (χ1) is 16.0. The van der Waals surface area contributed by atoms with E-state index in [1.54, 1.807) is 28.2 Å². The number of amides is 1. The molecule has 1 aliphatic rings. The van der Waals surface area contributed by atoms with E-state index in [0.29, 0.717) is 30.9 Å². The number of sulfonamides is 1. The number of fused-ring (bicyclic) bond motifs is 1. The number of carbonyl (C=O) groups is 1. The van der Waals surface area contributed by atoms with Crippen LogP contribution < -0.4 is 5.32 Å². The lowest BCUT2D eigenvalue weighted by atomic mass is 10.1. The quantitative estimate of drug-likeness (QED) is 0.522. The molecule has 0 bridgehead atoms. The molecule has 10 heteroatoms. The molecular formula is C23H29N5O3S2. The molecule has 1 fully saturated rings. The largest absolute Gasteiger partial charge is 0.342 e. The highest BCUT2D eigenvalue weighted by atomic mass is 32.2. The molecule has 1 aliphatic heterocycles. The lowest BCUT2D eigenvalue weighted by molar-refractivity contribution is 0.0933. The Kier molecular flexibility index (Phi) is 7.67. The van der Waals surface area contributed by atoms with Crippen LogP contribution in [0.15, 0.2) is 53.6 Å². The van der Waals surface area contributed by atoms with Crippen LogP contribution >= 0.6 is 11.8 Å². The number of pyridine rings is 1. The van der Waals surface area contributed by atoms with Crippen molar-refractivity contribution < 1.29 is 13.2 Å². The monoisotopic (exact) mass is 487 g/mol. The van der Waals surface area contributed by atoms with Gasteiger partial charge < -0.3 is 5.32 Å². The molecule has 0 unspecified atom stereocenters. The molecule has 2 aromatic heterocycles. The fraction of sp³-hybridized carbons (Fsp3) is 0.435. The van der Waals surface area contributed by atoms with Crippen LogP contribution in [0.1, 0.15) is 54.3 Å². The van der Waals surface area contributed by atoms with Crippen LogP contribution in [-0.4, -0.2) is 58.3 Å². The van der Waals surface area contributed by atoms with Gasteiger partial charge in [0.15, 0.2) is 11.5 Å². The number of aromatic nitrogens is 3. The van der Waals surface area contributed by atoms with Gasteiger partial charge in [0, 0.05) is 24.8 Å². The average Bonchev–Trinajstić information content (AvgIpc) is 3.06. The van der Waals surface area contributed by atoms with Gasteiger partial charge in [0.25, 0.3) is 5.91 Å². The predicted octanol–water partition coefficient (Wildman–Crippen LogP) is 3.52. The molecule has 0 spiro atoms. The minimum Gasteiger partial charge on any atom is -0.342 e. The van der Waals surface area contributed by atoms with Crippen LogP contribution in [0.3, 0.4) is 0 Å². The topological polar surface area (TPSA) is 96.7 Å². The van der Waals surface area contributed by atoms with Gasteiger partial charge in [0.1, 0.15) is 0 Å². The van der Waals surface area contributed by atoms with Gasteiger partial charge in [-0.3, -0.25) is 9.20 Å². The Morgan fingerprint density at radius 3 is 2.48 bits per heavy atom. The van der Waals surface area contributed by atoms with Crippen molar-refractivity contribution in [3.05, 3.63) is 60.0 Å². The minimum absolute atomic E-state index is 0.225. The molecule has 1 amide bonds. The summed E-state index contributed by atoms with van der Waals surface area (Å²) in [6.07, 6.45) is 8.48. The summed E-state index contributed by atoms with van der Waals surface area (Å²) in [4.78, 5) is 13.2. The predicted molar refractivity (Wildman–Crippen MR) is 130 cm³/mol. The van der Waals surface area contributed by atoms with E-state index < -0.39 is 10.0 Å². The first-order valence-electron chi connectivity index (χ1n) is 11.2. The Hall–Kier alpha value is -2.43. The summed E-state index contributed by atoms with van der Waals surface area (Å²) in [5.74, 6) is 1.25. The van der Waals surface area contributed by atoms with Crippen molar-refractivity contribution in [2.45, 2.75) is 43.0 Å². The van der Waals surface area contributed by atoms with E-state index in [-0.39, 0.29) is 16.8 Å². The molecule has 33 heavy (non-hydrogen) atoms. The zero-order valence-corrected chi connectivity index (χ0v) is 20.3. The number of hydrogen-bond acceptors (Lipinski definition) is 6. The van der Waals surface area contributed by atoms with Crippen LogP contribution in [0.2, 0.25) is 0 Å². The average molecular weight is 488 g/mol. The van der Waals surface area contributed by atoms with Crippen LogP contribution in [-0.2, 0) is 10.0 Å². The summed E-state index contributed by atoms with van der Waals surface area (Å²) in [6.45, 7) is 1.10. The van der Waals surface area contributed by atoms with E-state index in [0.717, 1.165) is 37.1 Å². The normalized spacial score (nSPS) is 16.4. The highest BCUT2D eigenvalue weighted by Crippen LogP contribution is 2.22. The second-order valence-electron chi connectivity index (χ2n) is 8.14. The number of thioether (sulfide) groups is 1. The first-order valence-corrected chi connectivity index (χ1v) is 14.0. The van der Waals surface area contributed by atoms with E-state index in [9.17, 15) is 13.2 Å². The highest BCUT2D eigenvalue weighted by molar-refractivity contribution is 7.98. The summed E-state index contributed by atoms with van der Waals surface area (Å²) in [5.41, 5.74) is 1.13. The van der Waals surface area contributed by atoms with Crippen molar-refractivity contribution >= 4 is 33.3 Å². The summed E-state index contributed by atoms with van der Waals surface area (Å²) >= 11 is 1.70. The van der Waals surface area contributed by atoms with Gasteiger partial charge >= 0.3 is 0 Å². The van der Waals surface area contributed by atoms with E-state index in [1.807, 2.05) is 35.1 Å². The van der Waals surface area contributed by atoms with Crippen molar-refractivity contribution in [1.29, 1.82) is 0 Å². The highest BCUT2D eigenvalue weighted by Gasteiger charge is 2.26. The number of benzene rings is 1. The molecule has 1 saturated heterocycles. The van der Waals surface area contributed by atoms with Crippen molar-refractivity contribution in [1.82, 2.24) is 24.2 Å². The SMILES string of the molecule is CSCC[C@H](NC(=O)c1ccc(S(=O)(=O)N2CCCCCC2)cc1)c1nnc2ccccn12. The molecule has 8 nitrogen and oxygen atoms in total. The van der Waals surface area contributed by atoms with Gasteiger partial charge in [-0.25, -0.2) is 8.42 Å². The maximum Gasteiger partial charge on any atom is 0.251 e. The Morgan fingerprint density at radius 2 is 1.79 bits per heavy atom. The second kappa shape index (κ2) is 10.7. The Morgan fingerprint density at radius 1 is 1.06 bits per heavy atom. The molecule has 3 heterocycles. The van der Waals surface area contributed by atoms with E-state index in [1.165, 1.54) is 12.1 Å². The molecule has 0 saturated carbocycles. The summed E-state index contributed by atoms with van der Waals surface area (Å²) in [5, 5.41) is 11.6. The van der Waals surface area contributed by atoms with Gasteiger partial charge in [-0.05, 0) is 67.7 Å².